The predicted octanol–water partition coefficient (Wildman–Crippen LogP) is 21.9. The normalized spacial score (nSPS) is 11.1. The highest BCUT2D eigenvalue weighted by molar-refractivity contribution is 5.93. The summed E-state index contributed by atoms with van der Waals surface area (Å²) in [5.74, 6) is 2.49. The lowest BCUT2D eigenvalue weighted by Gasteiger charge is -2.19. The first-order valence-electron chi connectivity index (χ1n) is 34.2. The molecule has 0 N–H and O–H groups in total. The fraction of sp³-hybridized carbons (Fsp3) is 0.513. The molecule has 0 unspecified atom stereocenters. The molecule has 0 saturated heterocycles. The third kappa shape index (κ3) is 29.4. The quantitative estimate of drug-likeness (QED) is 0.0208. The highest BCUT2D eigenvalue weighted by Gasteiger charge is 2.22. The van der Waals surface area contributed by atoms with Crippen molar-refractivity contribution in [1.82, 2.24) is 0 Å². The third-order valence-electron chi connectivity index (χ3n) is 16.0. The van der Waals surface area contributed by atoms with Crippen LogP contribution in [0.25, 0.3) is 0 Å². The molecule has 0 bridgehead atoms. The minimum Gasteiger partial charge on any atom is -0.494 e. The van der Waals surface area contributed by atoms with Crippen LogP contribution in [0.15, 0.2) is 140 Å². The van der Waals surface area contributed by atoms with Crippen molar-refractivity contribution in [2.75, 3.05) is 19.8 Å². The number of ether oxygens (including phenoxy) is 8. The maximum absolute atomic E-state index is 14.3. The van der Waals surface area contributed by atoms with Gasteiger partial charge in [-0.25, -0.2) is 9.59 Å². The highest BCUT2D eigenvalue weighted by Crippen LogP contribution is 2.41. The topological polar surface area (TPSA) is 108 Å². The molecule has 0 spiro atoms. The maximum atomic E-state index is 14.3. The summed E-state index contributed by atoms with van der Waals surface area (Å²) in [5.41, 5.74) is 4.11. The second-order valence-electron chi connectivity index (χ2n) is 23.7. The van der Waals surface area contributed by atoms with Crippen LogP contribution in [0.3, 0.4) is 0 Å². The van der Waals surface area contributed by atoms with E-state index in [1.807, 2.05) is 103 Å². The van der Waals surface area contributed by atoms with Crippen LogP contribution in [0, 0.1) is 0 Å². The van der Waals surface area contributed by atoms with Gasteiger partial charge in [-0.15, -0.1) is 0 Å². The lowest BCUT2D eigenvalue weighted by Crippen LogP contribution is -2.11. The van der Waals surface area contributed by atoms with Crippen molar-refractivity contribution in [2.24, 2.45) is 0 Å². The van der Waals surface area contributed by atoms with Crippen molar-refractivity contribution in [3.63, 3.8) is 0 Å². The zero-order chi connectivity index (χ0) is 61.7. The van der Waals surface area contributed by atoms with Crippen molar-refractivity contribution in [3.05, 3.63) is 173 Å². The van der Waals surface area contributed by atoms with E-state index in [1.165, 1.54) is 173 Å². The summed E-state index contributed by atoms with van der Waals surface area (Å²) in [6.45, 7) is 9.50. The molecule has 88 heavy (non-hydrogen) atoms. The molecule has 10 nitrogen and oxygen atoms in total. The molecule has 0 fully saturated rings. The highest BCUT2D eigenvalue weighted by atomic mass is 16.6. The number of hydrogen-bond acceptors (Lipinski definition) is 10. The summed E-state index contributed by atoms with van der Waals surface area (Å²) in [6.07, 6.45) is 38.3. The van der Waals surface area contributed by atoms with E-state index >= 15 is 0 Å². The minimum atomic E-state index is -0.651. The van der Waals surface area contributed by atoms with Gasteiger partial charge in [0.1, 0.15) is 49.4 Å². The summed E-state index contributed by atoms with van der Waals surface area (Å²) < 4.78 is 50.0. The fourth-order valence-corrected chi connectivity index (χ4v) is 10.5. The van der Waals surface area contributed by atoms with Gasteiger partial charge in [0.2, 0.25) is 5.75 Å². The monoisotopic (exact) mass is 1200 g/mol. The molecule has 0 saturated carbocycles. The van der Waals surface area contributed by atoms with E-state index in [2.05, 4.69) is 20.8 Å². The molecule has 0 radical (unpaired) electrons. The summed E-state index contributed by atoms with van der Waals surface area (Å²) in [7, 11) is 0. The number of hydrogen-bond donors (Lipinski definition) is 0. The van der Waals surface area contributed by atoms with Crippen LogP contribution in [-0.4, -0.2) is 31.8 Å². The zero-order valence-corrected chi connectivity index (χ0v) is 54.0. The fourth-order valence-electron chi connectivity index (χ4n) is 10.5. The molecular formula is C78H106O10. The first-order chi connectivity index (χ1) is 43.4. The van der Waals surface area contributed by atoms with Crippen LogP contribution < -0.4 is 33.2 Å². The average Bonchev–Trinajstić information content (AvgIpc) is 3.73. The number of carbonyl (C=O) groups is 2. The van der Waals surface area contributed by atoms with Crippen LogP contribution in [0.2, 0.25) is 0 Å². The molecule has 6 aromatic rings. The Bertz CT molecular complexity index is 2650. The molecule has 6 rings (SSSR count). The van der Waals surface area contributed by atoms with Crippen LogP contribution in [-0.2, 0) is 31.2 Å². The second kappa shape index (κ2) is 44.5. The third-order valence-corrected chi connectivity index (χ3v) is 16.0. The molecule has 0 heterocycles. The molecular weight excluding hydrogens is 1100 g/mol. The van der Waals surface area contributed by atoms with Gasteiger partial charge in [-0.1, -0.05) is 261 Å². The van der Waals surface area contributed by atoms with Crippen LogP contribution in [0.4, 0.5) is 0 Å². The van der Waals surface area contributed by atoms with Crippen LogP contribution >= 0.6 is 0 Å². The Morgan fingerprint density at radius 2 is 0.602 bits per heavy atom. The molecule has 0 aliphatic rings. The Morgan fingerprint density at radius 3 is 0.966 bits per heavy atom. The van der Waals surface area contributed by atoms with Gasteiger partial charge >= 0.3 is 11.9 Å². The lowest BCUT2D eigenvalue weighted by atomic mass is 10.1. The van der Waals surface area contributed by atoms with E-state index in [4.69, 9.17) is 37.9 Å². The first-order valence-corrected chi connectivity index (χ1v) is 34.2. The number of benzene rings is 6. The zero-order valence-electron chi connectivity index (χ0n) is 54.0. The molecule has 0 aromatic heterocycles. The summed E-state index contributed by atoms with van der Waals surface area (Å²) >= 11 is 0. The Labute approximate surface area is 529 Å². The van der Waals surface area contributed by atoms with Crippen LogP contribution in [0.5, 0.6) is 40.2 Å². The predicted molar refractivity (Wildman–Crippen MR) is 358 cm³/mol. The van der Waals surface area contributed by atoms with E-state index in [9.17, 15) is 9.59 Å². The average molecular weight is 1200 g/mol. The van der Waals surface area contributed by atoms with Gasteiger partial charge < -0.3 is 37.9 Å². The molecule has 6 aromatic carbocycles. The number of unbranched alkanes of at least 4 members (excludes halogenated alkanes) is 27. The Hall–Kier alpha value is -6.94. The first kappa shape index (κ1) is 70.2. The van der Waals surface area contributed by atoms with Gasteiger partial charge in [0.25, 0.3) is 0 Å². The standard InChI is InChI=1S/C78H106O10/c1-4-7-10-13-16-19-22-25-28-34-55-81-70-47-39-65(40-48-70)60-84-74-58-69(78(80)88-73-53-45-68(46-54-73)77(79)87-63-64-37-32-31-33-38-64)59-75(85-61-66-41-49-71(50-42-66)82-56-35-29-26-23-20-17-14-11-8-5-2)76(74)86-62-67-43-51-72(52-44-67)83-57-36-30-27-24-21-18-15-12-9-6-3/h31-33,37-54,58-59H,4-30,34-36,55-57,60-63H2,1-3H3. The molecule has 0 amide bonds. The number of esters is 2. The smallest absolute Gasteiger partial charge is 0.343 e. The van der Waals surface area contributed by atoms with Gasteiger partial charge in [-0.2, -0.15) is 0 Å². The second-order valence-corrected chi connectivity index (χ2v) is 23.7. The van der Waals surface area contributed by atoms with E-state index in [1.54, 1.807) is 36.4 Å². The van der Waals surface area contributed by atoms with E-state index in [-0.39, 0.29) is 37.7 Å². The van der Waals surface area contributed by atoms with Gasteiger partial charge in [0.15, 0.2) is 11.5 Å². The van der Waals surface area contributed by atoms with Gasteiger partial charge in [-0.3, -0.25) is 0 Å². The van der Waals surface area contributed by atoms with E-state index < -0.39 is 11.9 Å². The van der Waals surface area contributed by atoms with Gasteiger partial charge in [0.05, 0.1) is 30.9 Å². The number of rotatable bonds is 50. The van der Waals surface area contributed by atoms with Crippen molar-refractivity contribution in [2.45, 2.75) is 240 Å². The molecule has 0 atom stereocenters. The van der Waals surface area contributed by atoms with Gasteiger partial charge in [0, 0.05) is 0 Å². The Balaban J connectivity index is 1.14. The maximum Gasteiger partial charge on any atom is 0.343 e. The van der Waals surface area contributed by atoms with Crippen molar-refractivity contribution in [1.29, 1.82) is 0 Å². The molecule has 478 valence electrons. The van der Waals surface area contributed by atoms with Crippen LogP contribution in [0.1, 0.15) is 256 Å². The molecule has 0 aliphatic heterocycles. The minimum absolute atomic E-state index is 0.143. The summed E-state index contributed by atoms with van der Waals surface area (Å²) in [4.78, 5) is 27.2. The van der Waals surface area contributed by atoms with E-state index in [0.717, 1.165) is 58.8 Å². The Kier molecular flexibility index (Phi) is 35.5. The van der Waals surface area contributed by atoms with Crippen molar-refractivity contribution in [3.8, 4) is 40.2 Å². The summed E-state index contributed by atoms with van der Waals surface area (Å²) in [5, 5.41) is 0. The lowest BCUT2D eigenvalue weighted by molar-refractivity contribution is 0.0472. The Morgan fingerprint density at radius 1 is 0.284 bits per heavy atom. The SMILES string of the molecule is CCCCCCCCCCCCOc1ccc(COc2cc(C(=O)Oc3ccc(C(=O)OCc4ccccc4)cc3)cc(OCc3ccc(OCCCCCCCCCCCC)cc3)c2OCc2ccc(OCCCCCCCCCCCC)cc2)cc1. The van der Waals surface area contributed by atoms with Gasteiger partial charge in [-0.05, 0) is 114 Å². The summed E-state index contributed by atoms with van der Waals surface area (Å²) in [6, 6.07) is 43.0. The van der Waals surface area contributed by atoms with Crippen molar-refractivity contribution < 1.29 is 47.5 Å². The molecule has 0 aliphatic carbocycles. The molecule has 10 heteroatoms. The van der Waals surface area contributed by atoms with E-state index in [0.29, 0.717) is 42.6 Å². The largest absolute Gasteiger partial charge is 0.494 e. The van der Waals surface area contributed by atoms with Crippen molar-refractivity contribution >= 4 is 11.9 Å². The number of carbonyl (C=O) groups excluding carboxylic acids is 2.